The number of halogens is 2. The fourth-order valence-electron chi connectivity index (χ4n) is 3.16. The topological polar surface area (TPSA) is 36.4 Å². The Morgan fingerprint density at radius 3 is 2.58 bits per heavy atom. The number of thiazole rings is 1. The van der Waals surface area contributed by atoms with Gasteiger partial charge in [0.1, 0.15) is 11.3 Å². The van der Waals surface area contributed by atoms with Crippen LogP contribution in [-0.2, 0) is 0 Å². The molecule has 134 valence electrons. The summed E-state index contributed by atoms with van der Waals surface area (Å²) in [5.74, 6) is -1.21. The van der Waals surface area contributed by atoms with Crippen LogP contribution in [0.4, 0.5) is 13.9 Å². The lowest BCUT2D eigenvalue weighted by Gasteiger charge is -2.34. The van der Waals surface area contributed by atoms with E-state index in [-0.39, 0.29) is 11.4 Å². The Labute approximate surface area is 153 Å². The van der Waals surface area contributed by atoms with Crippen LogP contribution in [0, 0.1) is 18.6 Å². The Bertz CT molecular complexity index is 980. The number of nitrogens with zero attached hydrogens (tertiary/aromatic N) is 3. The number of piperazine rings is 1. The third kappa shape index (κ3) is 3.03. The van der Waals surface area contributed by atoms with Crippen molar-refractivity contribution in [3.8, 4) is 0 Å². The maximum atomic E-state index is 13.9. The Morgan fingerprint density at radius 2 is 1.85 bits per heavy atom. The van der Waals surface area contributed by atoms with Gasteiger partial charge in [0.05, 0.1) is 4.70 Å². The number of hydrogen-bond donors (Lipinski definition) is 0. The quantitative estimate of drug-likeness (QED) is 0.685. The van der Waals surface area contributed by atoms with Crippen LogP contribution in [0.15, 0.2) is 36.4 Å². The Balaban J connectivity index is 1.49. The van der Waals surface area contributed by atoms with Gasteiger partial charge in [0.15, 0.2) is 10.9 Å². The summed E-state index contributed by atoms with van der Waals surface area (Å²) in [6.45, 7) is 4.29. The molecular weight excluding hydrogens is 356 g/mol. The van der Waals surface area contributed by atoms with Crippen molar-refractivity contribution in [2.24, 2.45) is 0 Å². The molecule has 0 aliphatic carbocycles. The lowest BCUT2D eigenvalue weighted by atomic mass is 10.1. The van der Waals surface area contributed by atoms with Crippen LogP contribution in [0.1, 0.15) is 15.9 Å². The first-order valence-corrected chi connectivity index (χ1v) is 9.20. The van der Waals surface area contributed by atoms with E-state index in [2.05, 4.69) is 4.98 Å². The Kier molecular flexibility index (Phi) is 4.32. The molecule has 2 heterocycles. The van der Waals surface area contributed by atoms with Crippen molar-refractivity contribution in [3.05, 3.63) is 59.2 Å². The predicted octanol–water partition coefficient (Wildman–Crippen LogP) is 3.85. The highest BCUT2D eigenvalue weighted by Gasteiger charge is 2.25. The van der Waals surface area contributed by atoms with Gasteiger partial charge in [-0.25, -0.2) is 13.8 Å². The number of carbonyl (C=O) groups is 1. The van der Waals surface area contributed by atoms with Crippen LogP contribution in [0.25, 0.3) is 10.2 Å². The molecule has 0 saturated carbocycles. The third-order valence-electron chi connectivity index (χ3n) is 4.61. The van der Waals surface area contributed by atoms with Crippen molar-refractivity contribution in [1.29, 1.82) is 0 Å². The molecule has 4 rings (SSSR count). The van der Waals surface area contributed by atoms with Gasteiger partial charge in [-0.15, -0.1) is 0 Å². The van der Waals surface area contributed by atoms with Crippen LogP contribution in [0.5, 0.6) is 0 Å². The van der Waals surface area contributed by atoms with Gasteiger partial charge in [-0.05, 0) is 24.6 Å². The number of aryl methyl sites for hydroxylation is 1. The van der Waals surface area contributed by atoms with Gasteiger partial charge in [-0.2, -0.15) is 0 Å². The lowest BCUT2D eigenvalue weighted by molar-refractivity contribution is 0.0746. The standard InChI is InChI=1S/C19H17F2N3OS/c1-12-4-2-3-5-14(12)18(25)23-6-8-24(9-7-23)19-22-17-15(21)10-13(20)11-16(17)26-19/h2-5,10-11H,6-9H2,1H3. The van der Waals surface area contributed by atoms with E-state index in [4.69, 9.17) is 0 Å². The second kappa shape index (κ2) is 6.64. The minimum absolute atomic E-state index is 0.0279. The Morgan fingerprint density at radius 1 is 1.12 bits per heavy atom. The summed E-state index contributed by atoms with van der Waals surface area (Å²) in [5, 5.41) is 0.660. The van der Waals surface area contributed by atoms with Gasteiger partial charge in [-0.3, -0.25) is 4.79 Å². The molecule has 7 heteroatoms. The summed E-state index contributed by atoms with van der Waals surface area (Å²) in [4.78, 5) is 20.9. The number of benzene rings is 2. The van der Waals surface area contributed by atoms with Crippen molar-refractivity contribution >= 4 is 32.6 Å². The molecule has 1 aliphatic heterocycles. The zero-order valence-corrected chi connectivity index (χ0v) is 15.0. The highest BCUT2D eigenvalue weighted by Crippen LogP contribution is 2.31. The van der Waals surface area contributed by atoms with E-state index >= 15 is 0 Å². The molecule has 3 aromatic rings. The van der Waals surface area contributed by atoms with E-state index in [1.807, 2.05) is 41.0 Å². The number of amides is 1. The molecule has 2 aromatic carbocycles. The summed E-state index contributed by atoms with van der Waals surface area (Å²) in [6.07, 6.45) is 0. The molecule has 0 spiro atoms. The zero-order valence-electron chi connectivity index (χ0n) is 14.2. The van der Waals surface area contributed by atoms with E-state index in [0.29, 0.717) is 36.0 Å². The van der Waals surface area contributed by atoms with Crippen molar-refractivity contribution in [2.45, 2.75) is 6.92 Å². The molecule has 0 bridgehead atoms. The maximum Gasteiger partial charge on any atom is 0.254 e. The van der Waals surface area contributed by atoms with Gasteiger partial charge in [-0.1, -0.05) is 29.5 Å². The van der Waals surface area contributed by atoms with Crippen molar-refractivity contribution in [2.75, 3.05) is 31.1 Å². The molecule has 1 fully saturated rings. The van der Waals surface area contributed by atoms with Gasteiger partial charge in [0.2, 0.25) is 0 Å². The van der Waals surface area contributed by atoms with E-state index < -0.39 is 11.6 Å². The number of rotatable bonds is 2. The number of anilines is 1. The monoisotopic (exact) mass is 373 g/mol. The first kappa shape index (κ1) is 16.9. The summed E-state index contributed by atoms with van der Waals surface area (Å²) >= 11 is 1.27. The molecule has 1 saturated heterocycles. The van der Waals surface area contributed by atoms with Crippen LogP contribution >= 0.6 is 11.3 Å². The van der Waals surface area contributed by atoms with Gasteiger partial charge < -0.3 is 9.80 Å². The first-order chi connectivity index (χ1) is 12.5. The predicted molar refractivity (Wildman–Crippen MR) is 98.8 cm³/mol. The molecule has 0 atom stereocenters. The van der Waals surface area contributed by atoms with E-state index in [0.717, 1.165) is 17.2 Å². The smallest absolute Gasteiger partial charge is 0.254 e. The summed E-state index contributed by atoms with van der Waals surface area (Å²) in [5.41, 5.74) is 1.88. The van der Waals surface area contributed by atoms with Crippen molar-refractivity contribution in [3.63, 3.8) is 0 Å². The Hall–Kier alpha value is -2.54. The normalized spacial score (nSPS) is 14.9. The molecular formula is C19H17F2N3OS. The fourth-order valence-corrected chi connectivity index (χ4v) is 4.22. The second-order valence-electron chi connectivity index (χ2n) is 6.32. The lowest BCUT2D eigenvalue weighted by Crippen LogP contribution is -2.48. The number of carbonyl (C=O) groups excluding carboxylic acids is 1. The van der Waals surface area contributed by atoms with Gasteiger partial charge >= 0.3 is 0 Å². The molecule has 1 aliphatic rings. The average molecular weight is 373 g/mol. The molecule has 0 unspecified atom stereocenters. The first-order valence-electron chi connectivity index (χ1n) is 8.38. The number of aromatic nitrogens is 1. The number of fused-ring (bicyclic) bond motifs is 1. The molecule has 1 aromatic heterocycles. The van der Waals surface area contributed by atoms with E-state index in [9.17, 15) is 13.6 Å². The fraction of sp³-hybridized carbons (Fsp3) is 0.263. The van der Waals surface area contributed by atoms with Gasteiger partial charge in [0, 0.05) is 37.8 Å². The van der Waals surface area contributed by atoms with Crippen molar-refractivity contribution in [1.82, 2.24) is 9.88 Å². The number of hydrogen-bond acceptors (Lipinski definition) is 4. The molecule has 0 radical (unpaired) electrons. The van der Waals surface area contributed by atoms with Crippen molar-refractivity contribution < 1.29 is 13.6 Å². The molecule has 1 amide bonds. The molecule has 26 heavy (non-hydrogen) atoms. The maximum absolute atomic E-state index is 13.9. The minimum atomic E-state index is -0.643. The highest BCUT2D eigenvalue weighted by atomic mass is 32.1. The van der Waals surface area contributed by atoms with Crippen LogP contribution in [0.2, 0.25) is 0 Å². The summed E-state index contributed by atoms with van der Waals surface area (Å²) in [6, 6.07) is 9.71. The largest absolute Gasteiger partial charge is 0.345 e. The van der Waals surface area contributed by atoms with E-state index in [1.54, 1.807) is 0 Å². The SMILES string of the molecule is Cc1ccccc1C(=O)N1CCN(c2nc3c(F)cc(F)cc3s2)CC1. The zero-order chi connectivity index (χ0) is 18.3. The minimum Gasteiger partial charge on any atom is -0.345 e. The average Bonchev–Trinajstić information content (AvgIpc) is 3.06. The summed E-state index contributed by atoms with van der Waals surface area (Å²) in [7, 11) is 0. The molecule has 4 nitrogen and oxygen atoms in total. The molecule has 0 N–H and O–H groups in total. The van der Waals surface area contributed by atoms with E-state index in [1.165, 1.54) is 17.4 Å². The van der Waals surface area contributed by atoms with Crippen LogP contribution in [0.3, 0.4) is 0 Å². The highest BCUT2D eigenvalue weighted by molar-refractivity contribution is 7.22. The van der Waals surface area contributed by atoms with Gasteiger partial charge in [0.25, 0.3) is 5.91 Å². The van der Waals surface area contributed by atoms with Crippen LogP contribution in [-0.4, -0.2) is 42.0 Å². The third-order valence-corrected chi connectivity index (χ3v) is 5.68. The second-order valence-corrected chi connectivity index (χ2v) is 7.33. The van der Waals surface area contributed by atoms with Crippen LogP contribution < -0.4 is 4.90 Å². The summed E-state index contributed by atoms with van der Waals surface area (Å²) < 4.78 is 27.7.